The van der Waals surface area contributed by atoms with E-state index in [-0.39, 0.29) is 18.1 Å². The molecule has 0 bridgehead atoms. The van der Waals surface area contributed by atoms with Crippen LogP contribution in [0.1, 0.15) is 75.1 Å². The first kappa shape index (κ1) is 22.3. The molecule has 0 aromatic carbocycles. The van der Waals surface area contributed by atoms with Crippen LogP contribution in [-0.4, -0.2) is 63.7 Å². The molecule has 4 fully saturated rings. The van der Waals surface area contributed by atoms with Gasteiger partial charge in [-0.05, 0) is 63.8 Å². The third-order valence-electron chi connectivity index (χ3n) is 8.82. The highest BCUT2D eigenvalue weighted by atomic mass is 16.2. The zero-order valence-corrected chi connectivity index (χ0v) is 20.5. The first-order valence-electron chi connectivity index (χ1n) is 13.5. The Labute approximate surface area is 202 Å². The van der Waals surface area contributed by atoms with Crippen LogP contribution in [0.3, 0.4) is 0 Å². The summed E-state index contributed by atoms with van der Waals surface area (Å²) in [5.41, 5.74) is 9.09. The molecule has 1 amide bonds. The number of hydrogen-bond acceptors (Lipinski definition) is 6. The second-order valence-electron chi connectivity index (χ2n) is 11.1. The number of carbonyl (C=O) groups excluding carboxylic acids is 1. The third-order valence-corrected chi connectivity index (χ3v) is 8.82. The summed E-state index contributed by atoms with van der Waals surface area (Å²) >= 11 is 0. The van der Waals surface area contributed by atoms with Crippen molar-refractivity contribution in [2.45, 2.75) is 82.8 Å². The molecule has 5 heterocycles. The van der Waals surface area contributed by atoms with E-state index in [0.29, 0.717) is 17.7 Å². The molecule has 8 nitrogen and oxygen atoms in total. The summed E-state index contributed by atoms with van der Waals surface area (Å²) in [7, 11) is 0. The lowest BCUT2D eigenvalue weighted by molar-refractivity contribution is -0.141. The number of rotatable bonds is 3. The standard InChI is InChI=1S/C26H39N7O/c1-17-15-33-23(29-25(17)31-13-10-19(27)16-31)14-21(30-33)22-8-4-5-12-32(22)26(34)24-20-7-3-2-6-18(20)9-11-28-24/h14-15,18-20,22,24,28H,2-13,16,27H2,1H3/t18?,19-,20?,22-,24?/m0/s1. The fourth-order valence-electron chi connectivity index (χ4n) is 7.04. The van der Waals surface area contributed by atoms with Crippen LogP contribution < -0.4 is 16.0 Å². The Morgan fingerprint density at radius 2 is 1.94 bits per heavy atom. The molecule has 34 heavy (non-hydrogen) atoms. The smallest absolute Gasteiger partial charge is 0.240 e. The predicted octanol–water partition coefficient (Wildman–Crippen LogP) is 2.80. The Hall–Kier alpha value is -2.19. The second-order valence-corrected chi connectivity index (χ2v) is 11.1. The van der Waals surface area contributed by atoms with Crippen LogP contribution in [0.4, 0.5) is 5.82 Å². The van der Waals surface area contributed by atoms with Crippen molar-refractivity contribution in [3.63, 3.8) is 0 Å². The van der Waals surface area contributed by atoms with E-state index in [1.54, 1.807) is 0 Å². The van der Waals surface area contributed by atoms with Crippen molar-refractivity contribution in [1.82, 2.24) is 24.8 Å². The van der Waals surface area contributed by atoms with Gasteiger partial charge in [-0.2, -0.15) is 5.10 Å². The van der Waals surface area contributed by atoms with Gasteiger partial charge in [-0.1, -0.05) is 19.3 Å². The van der Waals surface area contributed by atoms with Crippen LogP contribution in [0.2, 0.25) is 0 Å². The average molecular weight is 466 g/mol. The van der Waals surface area contributed by atoms with Gasteiger partial charge in [-0.3, -0.25) is 4.79 Å². The van der Waals surface area contributed by atoms with E-state index in [0.717, 1.165) is 74.6 Å². The number of anilines is 1. The molecule has 3 unspecified atom stereocenters. The number of nitrogens with zero attached hydrogens (tertiary/aromatic N) is 5. The molecule has 3 aliphatic heterocycles. The van der Waals surface area contributed by atoms with Gasteiger partial charge >= 0.3 is 0 Å². The molecule has 1 aliphatic carbocycles. The molecule has 2 aromatic heterocycles. The molecule has 1 saturated carbocycles. The molecular formula is C26H39N7O. The molecule has 4 aliphatic rings. The fourth-order valence-corrected chi connectivity index (χ4v) is 7.04. The molecule has 3 saturated heterocycles. The van der Waals surface area contributed by atoms with Gasteiger partial charge in [0.15, 0.2) is 5.65 Å². The number of nitrogens with one attached hydrogen (secondary N) is 1. The van der Waals surface area contributed by atoms with E-state index in [9.17, 15) is 4.79 Å². The number of fused-ring (bicyclic) bond motifs is 2. The maximum atomic E-state index is 13.9. The van der Waals surface area contributed by atoms with E-state index in [1.165, 1.54) is 32.1 Å². The Balaban J connectivity index is 1.27. The number of aromatic nitrogens is 3. The number of carbonyl (C=O) groups is 1. The van der Waals surface area contributed by atoms with Crippen LogP contribution in [0, 0.1) is 18.8 Å². The van der Waals surface area contributed by atoms with Crippen molar-refractivity contribution in [3.05, 3.63) is 23.5 Å². The minimum absolute atomic E-state index is 0.0250. The summed E-state index contributed by atoms with van der Waals surface area (Å²) in [4.78, 5) is 23.3. The highest BCUT2D eigenvalue weighted by molar-refractivity contribution is 5.83. The van der Waals surface area contributed by atoms with Crippen LogP contribution in [0.15, 0.2) is 12.3 Å². The van der Waals surface area contributed by atoms with Crippen molar-refractivity contribution < 1.29 is 4.79 Å². The normalized spacial score (nSPS) is 32.2. The molecule has 5 atom stereocenters. The van der Waals surface area contributed by atoms with Crippen LogP contribution >= 0.6 is 0 Å². The predicted molar refractivity (Wildman–Crippen MR) is 133 cm³/mol. The molecular weight excluding hydrogens is 426 g/mol. The minimum Gasteiger partial charge on any atom is -0.355 e. The Morgan fingerprint density at radius 1 is 1.09 bits per heavy atom. The molecule has 6 rings (SSSR count). The molecule has 184 valence electrons. The van der Waals surface area contributed by atoms with Crippen molar-refractivity contribution >= 4 is 17.4 Å². The first-order chi connectivity index (χ1) is 16.6. The average Bonchev–Trinajstić information content (AvgIpc) is 3.48. The molecule has 2 aromatic rings. The van der Waals surface area contributed by atoms with Gasteiger partial charge in [0.2, 0.25) is 5.91 Å². The van der Waals surface area contributed by atoms with Crippen LogP contribution in [0.5, 0.6) is 0 Å². The van der Waals surface area contributed by atoms with E-state index in [2.05, 4.69) is 34.3 Å². The Morgan fingerprint density at radius 3 is 2.79 bits per heavy atom. The summed E-state index contributed by atoms with van der Waals surface area (Å²) < 4.78 is 1.90. The Kier molecular flexibility index (Phi) is 5.97. The fraction of sp³-hybridized carbons (Fsp3) is 0.731. The SMILES string of the molecule is Cc1cn2nc([C@@H]3CCCCN3C(=O)C3NCCC4CCCCC43)cc2nc1N1CC[C@H](N)C1. The van der Waals surface area contributed by atoms with Gasteiger partial charge in [0.25, 0.3) is 0 Å². The quantitative estimate of drug-likeness (QED) is 0.724. The van der Waals surface area contributed by atoms with Crippen LogP contribution in [-0.2, 0) is 4.79 Å². The lowest BCUT2D eigenvalue weighted by Crippen LogP contribution is -2.57. The van der Waals surface area contributed by atoms with Gasteiger partial charge in [0, 0.05) is 43.5 Å². The maximum Gasteiger partial charge on any atom is 0.240 e. The van der Waals surface area contributed by atoms with Crippen LogP contribution in [0.25, 0.3) is 5.65 Å². The monoisotopic (exact) mass is 465 g/mol. The zero-order valence-electron chi connectivity index (χ0n) is 20.5. The second kappa shape index (κ2) is 9.11. The van der Waals surface area contributed by atoms with Crippen molar-refractivity contribution in [1.29, 1.82) is 0 Å². The topological polar surface area (TPSA) is 91.8 Å². The molecule has 8 heteroatoms. The van der Waals surface area contributed by atoms with E-state index >= 15 is 0 Å². The first-order valence-corrected chi connectivity index (χ1v) is 13.5. The summed E-state index contributed by atoms with van der Waals surface area (Å²) in [5, 5.41) is 8.55. The minimum atomic E-state index is -0.0250. The highest BCUT2D eigenvalue weighted by Gasteiger charge is 2.42. The molecule has 0 spiro atoms. The van der Waals surface area contributed by atoms with Crippen molar-refractivity contribution in [3.8, 4) is 0 Å². The number of amides is 1. The van der Waals surface area contributed by atoms with Gasteiger partial charge in [-0.25, -0.2) is 9.50 Å². The van der Waals surface area contributed by atoms with E-state index < -0.39 is 0 Å². The van der Waals surface area contributed by atoms with Gasteiger partial charge in [0.1, 0.15) is 5.82 Å². The van der Waals surface area contributed by atoms with Crippen molar-refractivity contribution in [2.75, 3.05) is 31.1 Å². The lowest BCUT2D eigenvalue weighted by atomic mass is 9.71. The lowest BCUT2D eigenvalue weighted by Gasteiger charge is -2.45. The summed E-state index contributed by atoms with van der Waals surface area (Å²) in [5.74, 6) is 2.52. The highest BCUT2D eigenvalue weighted by Crippen LogP contribution is 2.39. The van der Waals surface area contributed by atoms with Gasteiger partial charge in [-0.15, -0.1) is 0 Å². The van der Waals surface area contributed by atoms with E-state index in [1.807, 2.05) is 4.52 Å². The van der Waals surface area contributed by atoms with Gasteiger partial charge < -0.3 is 20.9 Å². The number of aryl methyl sites for hydroxylation is 1. The third kappa shape index (κ3) is 3.98. The Bertz CT molecular complexity index is 1050. The summed E-state index contributed by atoms with van der Waals surface area (Å²) in [6.07, 6.45) is 12.6. The summed E-state index contributed by atoms with van der Waals surface area (Å²) in [6, 6.07) is 2.34. The number of piperidine rings is 2. The number of hydrogen-bond donors (Lipinski definition) is 2. The van der Waals surface area contributed by atoms with Crippen molar-refractivity contribution in [2.24, 2.45) is 17.6 Å². The summed E-state index contributed by atoms with van der Waals surface area (Å²) in [6.45, 7) is 5.70. The maximum absolute atomic E-state index is 13.9. The zero-order chi connectivity index (χ0) is 23.2. The largest absolute Gasteiger partial charge is 0.355 e. The number of nitrogens with two attached hydrogens (primary N) is 1. The molecule has 0 radical (unpaired) electrons. The van der Waals surface area contributed by atoms with Gasteiger partial charge in [0.05, 0.1) is 17.8 Å². The molecule has 3 N–H and O–H groups in total. The van der Waals surface area contributed by atoms with E-state index in [4.69, 9.17) is 15.8 Å². The number of likely N-dealkylation sites (tertiary alicyclic amines) is 1.